The van der Waals surface area contributed by atoms with Crippen molar-refractivity contribution in [1.29, 1.82) is 0 Å². The fourth-order valence-corrected chi connectivity index (χ4v) is 5.41. The topological polar surface area (TPSA) is 92.3 Å². The minimum Gasteiger partial charge on any atom is -0.349 e. The highest BCUT2D eigenvalue weighted by atomic mass is 32.2. The maximum atomic E-state index is 14.6. The van der Waals surface area contributed by atoms with Crippen molar-refractivity contribution in [1.82, 2.24) is 19.6 Å². The number of carbonyl (C=O) groups excluding carboxylic acids is 1. The summed E-state index contributed by atoms with van der Waals surface area (Å²) in [6.07, 6.45) is -4.39. The van der Waals surface area contributed by atoms with Gasteiger partial charge in [-0.15, -0.1) is 0 Å². The number of amides is 1. The average Bonchev–Trinajstić information content (AvgIpc) is 3.25. The summed E-state index contributed by atoms with van der Waals surface area (Å²) in [5.74, 6) is -1.53. The van der Waals surface area contributed by atoms with Gasteiger partial charge in [-0.25, -0.2) is 17.2 Å². The van der Waals surface area contributed by atoms with Crippen LogP contribution in [0.15, 0.2) is 65.8 Å². The van der Waals surface area contributed by atoms with Crippen molar-refractivity contribution < 1.29 is 35.2 Å². The van der Waals surface area contributed by atoms with E-state index in [-0.39, 0.29) is 30.1 Å². The van der Waals surface area contributed by atoms with Gasteiger partial charge < -0.3 is 5.32 Å². The van der Waals surface area contributed by atoms with Crippen LogP contribution < -0.4 is 5.32 Å². The van der Waals surface area contributed by atoms with E-state index in [9.17, 15) is 35.2 Å². The van der Waals surface area contributed by atoms with Crippen LogP contribution in [-0.2, 0) is 27.5 Å². The van der Waals surface area contributed by atoms with Crippen molar-refractivity contribution in [2.24, 2.45) is 0 Å². The number of pyridine rings is 2. The third-order valence-corrected chi connectivity index (χ3v) is 7.51. The Bertz CT molecular complexity index is 1350. The van der Waals surface area contributed by atoms with Crippen LogP contribution >= 0.6 is 0 Å². The van der Waals surface area contributed by atoms with Crippen LogP contribution in [-0.4, -0.2) is 47.4 Å². The van der Waals surface area contributed by atoms with E-state index in [4.69, 9.17) is 0 Å². The third-order valence-electron chi connectivity index (χ3n) is 5.61. The molecule has 0 bridgehead atoms. The molecule has 2 aromatic heterocycles. The largest absolute Gasteiger partial charge is 0.417 e. The molecule has 1 aliphatic heterocycles. The zero-order valence-electron chi connectivity index (χ0n) is 18.4. The SMILES string of the molecule is O=C(NCc1cc(-c2ccc(C(F)(F)F)cn2)ccn1)C1C(F)CCN1S(=O)(=O)c1ccc(F)cc1. The molecule has 0 radical (unpaired) electrons. The minimum atomic E-state index is -4.52. The predicted octanol–water partition coefficient (Wildman–Crippen LogP) is 3.72. The van der Waals surface area contributed by atoms with Gasteiger partial charge in [0.05, 0.1) is 28.4 Å². The van der Waals surface area contributed by atoms with E-state index in [2.05, 4.69) is 15.3 Å². The number of hydrogen-bond acceptors (Lipinski definition) is 5. The first-order valence-corrected chi connectivity index (χ1v) is 12.1. The molecule has 0 saturated carbocycles. The number of benzene rings is 1. The molecule has 7 nitrogen and oxygen atoms in total. The normalized spacial score (nSPS) is 18.8. The van der Waals surface area contributed by atoms with Gasteiger partial charge in [0, 0.05) is 24.5 Å². The third kappa shape index (κ3) is 5.36. The molecule has 1 amide bonds. The lowest BCUT2D eigenvalue weighted by molar-refractivity contribution is -0.137. The molecule has 1 N–H and O–H groups in total. The molecule has 3 aromatic rings. The van der Waals surface area contributed by atoms with Gasteiger partial charge in [-0.2, -0.15) is 17.5 Å². The minimum absolute atomic E-state index is 0.189. The van der Waals surface area contributed by atoms with Crippen molar-refractivity contribution in [2.45, 2.75) is 36.3 Å². The lowest BCUT2D eigenvalue weighted by Crippen LogP contribution is -2.49. The van der Waals surface area contributed by atoms with Crippen molar-refractivity contribution >= 4 is 15.9 Å². The number of alkyl halides is 4. The Morgan fingerprint density at radius 1 is 1.08 bits per heavy atom. The summed E-state index contributed by atoms with van der Waals surface area (Å²) in [5.41, 5.74) is 0.0797. The highest BCUT2D eigenvalue weighted by Gasteiger charge is 2.46. The molecule has 0 aliphatic carbocycles. The molecular weight excluding hydrogens is 507 g/mol. The zero-order chi connectivity index (χ0) is 26.1. The highest BCUT2D eigenvalue weighted by Crippen LogP contribution is 2.30. The van der Waals surface area contributed by atoms with Crippen molar-refractivity contribution in [2.75, 3.05) is 6.54 Å². The van der Waals surface area contributed by atoms with Gasteiger partial charge >= 0.3 is 6.18 Å². The number of nitrogens with one attached hydrogen (secondary N) is 1. The molecular formula is C23H19F5N4O3S. The first-order valence-electron chi connectivity index (χ1n) is 10.6. The molecule has 4 rings (SSSR count). The van der Waals surface area contributed by atoms with Crippen LogP contribution in [0.25, 0.3) is 11.3 Å². The summed E-state index contributed by atoms with van der Waals surface area (Å²) in [5, 5.41) is 2.46. The Hall–Kier alpha value is -3.45. The maximum Gasteiger partial charge on any atom is 0.417 e. The van der Waals surface area contributed by atoms with E-state index < -0.39 is 45.7 Å². The van der Waals surface area contributed by atoms with Crippen LogP contribution in [0.2, 0.25) is 0 Å². The van der Waals surface area contributed by atoms with Crippen molar-refractivity contribution in [3.05, 3.63) is 78.0 Å². The van der Waals surface area contributed by atoms with Gasteiger partial charge in [0.15, 0.2) is 0 Å². The van der Waals surface area contributed by atoms with Crippen LogP contribution in [0.4, 0.5) is 22.0 Å². The van der Waals surface area contributed by atoms with Gasteiger partial charge in [-0.1, -0.05) is 0 Å². The second-order valence-corrected chi connectivity index (χ2v) is 9.89. The molecule has 2 atom stereocenters. The van der Waals surface area contributed by atoms with E-state index in [0.29, 0.717) is 17.5 Å². The number of sulfonamides is 1. The number of aromatic nitrogens is 2. The molecule has 1 fully saturated rings. The van der Waals surface area contributed by atoms with Crippen molar-refractivity contribution in [3.8, 4) is 11.3 Å². The van der Waals surface area contributed by atoms with Gasteiger partial charge in [0.25, 0.3) is 0 Å². The quantitative estimate of drug-likeness (QED) is 0.495. The highest BCUT2D eigenvalue weighted by molar-refractivity contribution is 7.89. The van der Waals surface area contributed by atoms with Gasteiger partial charge in [-0.3, -0.25) is 14.8 Å². The number of rotatable bonds is 6. The molecule has 2 unspecified atom stereocenters. The maximum absolute atomic E-state index is 14.6. The fourth-order valence-electron chi connectivity index (χ4n) is 3.78. The van der Waals surface area contributed by atoms with Crippen LogP contribution in [0, 0.1) is 5.82 Å². The number of nitrogens with zero attached hydrogens (tertiary/aromatic N) is 3. The fraction of sp³-hybridized carbons (Fsp3) is 0.261. The second-order valence-electron chi connectivity index (χ2n) is 8.00. The smallest absolute Gasteiger partial charge is 0.349 e. The molecule has 0 spiro atoms. The average molecular weight is 526 g/mol. The van der Waals surface area contributed by atoms with E-state index in [1.165, 1.54) is 24.4 Å². The van der Waals surface area contributed by atoms with E-state index in [0.717, 1.165) is 34.6 Å². The Balaban J connectivity index is 1.47. The van der Waals surface area contributed by atoms with Crippen LogP contribution in [0.1, 0.15) is 17.7 Å². The molecule has 1 aliphatic rings. The van der Waals surface area contributed by atoms with Gasteiger partial charge in [-0.05, 0) is 55.0 Å². The Morgan fingerprint density at radius 2 is 1.81 bits per heavy atom. The standard InChI is InChI=1S/C23H19F5N4O3S/c24-16-2-4-18(5-3-16)36(34,35)32-10-8-19(25)21(32)22(33)31-13-17-11-14(7-9-29-17)20-6-1-15(12-30-20)23(26,27)28/h1-7,9,11-12,19,21H,8,10,13H2,(H,31,33). The van der Waals surface area contributed by atoms with E-state index in [1.54, 1.807) is 0 Å². The number of halogens is 5. The molecule has 190 valence electrons. The second kappa shape index (κ2) is 9.90. The summed E-state index contributed by atoms with van der Waals surface area (Å²) < 4.78 is 92.7. The summed E-state index contributed by atoms with van der Waals surface area (Å²) in [4.78, 5) is 20.4. The molecule has 3 heterocycles. The summed E-state index contributed by atoms with van der Waals surface area (Å²) in [6, 6.07) is 7.46. The first-order chi connectivity index (χ1) is 17.0. The lowest BCUT2D eigenvalue weighted by Gasteiger charge is -2.24. The van der Waals surface area contributed by atoms with E-state index in [1.807, 2.05) is 0 Å². The molecule has 36 heavy (non-hydrogen) atoms. The molecule has 1 saturated heterocycles. The number of carbonyl (C=O) groups is 1. The molecule has 1 aromatic carbocycles. The van der Waals surface area contributed by atoms with E-state index >= 15 is 0 Å². The zero-order valence-corrected chi connectivity index (χ0v) is 19.2. The van der Waals surface area contributed by atoms with Crippen LogP contribution in [0.5, 0.6) is 0 Å². The Morgan fingerprint density at radius 3 is 2.44 bits per heavy atom. The first kappa shape index (κ1) is 25.6. The predicted molar refractivity (Wildman–Crippen MR) is 118 cm³/mol. The van der Waals surface area contributed by atoms with Gasteiger partial charge in [0.2, 0.25) is 15.9 Å². The summed E-state index contributed by atoms with van der Waals surface area (Å²) >= 11 is 0. The monoisotopic (exact) mass is 526 g/mol. The summed E-state index contributed by atoms with van der Waals surface area (Å²) in [6.45, 7) is -0.423. The lowest BCUT2D eigenvalue weighted by atomic mass is 10.1. The Kier molecular flexibility index (Phi) is 7.05. The van der Waals surface area contributed by atoms with Crippen LogP contribution in [0.3, 0.4) is 0 Å². The van der Waals surface area contributed by atoms with Gasteiger partial charge in [0.1, 0.15) is 18.0 Å². The Labute approximate surface area is 203 Å². The number of hydrogen-bond donors (Lipinski definition) is 1. The molecule has 13 heteroatoms. The van der Waals surface area contributed by atoms with Crippen molar-refractivity contribution in [3.63, 3.8) is 0 Å². The summed E-state index contributed by atoms with van der Waals surface area (Å²) in [7, 11) is -4.26.